The highest BCUT2D eigenvalue weighted by atomic mass is 16.2. The van der Waals surface area contributed by atoms with Crippen molar-refractivity contribution in [2.75, 3.05) is 10.6 Å². The van der Waals surface area contributed by atoms with Crippen LogP contribution in [0.3, 0.4) is 0 Å². The first-order chi connectivity index (χ1) is 16.6. The fourth-order valence-electron chi connectivity index (χ4n) is 5.41. The summed E-state index contributed by atoms with van der Waals surface area (Å²) in [5, 5.41) is 23.9. The summed E-state index contributed by atoms with van der Waals surface area (Å²) in [6.07, 6.45) is 8.38. The van der Waals surface area contributed by atoms with Crippen LogP contribution in [0.1, 0.15) is 57.1 Å². The van der Waals surface area contributed by atoms with Gasteiger partial charge in [0.2, 0.25) is 5.91 Å². The largest absolute Gasteiger partial charge is 0.367 e. The lowest BCUT2D eigenvalue weighted by Crippen LogP contribution is -2.57. The number of carbonyl (C=O) groups excluding carboxylic acids is 1. The molecule has 3 aromatic heterocycles. The number of anilines is 3. The zero-order chi connectivity index (χ0) is 23.5. The van der Waals surface area contributed by atoms with Crippen LogP contribution in [0.4, 0.5) is 17.5 Å². The van der Waals surface area contributed by atoms with Crippen LogP contribution in [-0.4, -0.2) is 49.1 Å². The Kier molecular flexibility index (Phi) is 6.30. The van der Waals surface area contributed by atoms with Crippen LogP contribution in [0.5, 0.6) is 0 Å². The van der Waals surface area contributed by atoms with Crippen LogP contribution >= 0.6 is 0 Å². The maximum Gasteiger partial charge on any atom is 0.223 e. The summed E-state index contributed by atoms with van der Waals surface area (Å²) in [7, 11) is 0. The van der Waals surface area contributed by atoms with Gasteiger partial charge in [0.05, 0.1) is 11.6 Å². The zero-order valence-corrected chi connectivity index (χ0v) is 19.4. The van der Waals surface area contributed by atoms with E-state index in [1.54, 1.807) is 6.20 Å². The van der Waals surface area contributed by atoms with Gasteiger partial charge in [0, 0.05) is 60.4 Å². The molecule has 5 heterocycles. The lowest BCUT2D eigenvalue weighted by molar-refractivity contribution is -0.141. The Hall–Kier alpha value is -3.67. The van der Waals surface area contributed by atoms with Crippen molar-refractivity contribution in [1.82, 2.24) is 25.1 Å². The third-order valence-corrected chi connectivity index (χ3v) is 6.84. The number of carbonyl (C=O) groups is 1. The van der Waals surface area contributed by atoms with Gasteiger partial charge in [-0.15, -0.1) is 0 Å². The summed E-state index contributed by atoms with van der Waals surface area (Å²) in [6.45, 7) is 1.96. The van der Waals surface area contributed by atoms with E-state index in [2.05, 4.69) is 36.8 Å². The van der Waals surface area contributed by atoms with E-state index < -0.39 is 0 Å². The van der Waals surface area contributed by atoms with Crippen molar-refractivity contribution < 1.29 is 4.79 Å². The van der Waals surface area contributed by atoms with Crippen LogP contribution in [0.25, 0.3) is 10.9 Å². The Morgan fingerprint density at radius 1 is 1.26 bits per heavy atom. The Morgan fingerprint density at radius 3 is 2.82 bits per heavy atom. The number of nitriles is 1. The molecule has 1 unspecified atom stereocenters. The average molecular weight is 459 g/mol. The molecule has 5 rings (SSSR count). The highest BCUT2D eigenvalue weighted by molar-refractivity contribution is 5.91. The van der Waals surface area contributed by atoms with Crippen molar-refractivity contribution in [2.45, 2.75) is 76.4 Å². The molecule has 176 valence electrons. The molecule has 3 aromatic rings. The summed E-state index contributed by atoms with van der Waals surface area (Å²) < 4.78 is 0. The van der Waals surface area contributed by atoms with Crippen molar-refractivity contribution in [3.8, 4) is 6.07 Å². The van der Waals surface area contributed by atoms with Gasteiger partial charge >= 0.3 is 0 Å². The minimum atomic E-state index is 0.205. The normalized spacial score (nSPS) is 21.8. The van der Waals surface area contributed by atoms with Gasteiger partial charge in [-0.25, -0.2) is 4.98 Å². The molecule has 3 N–H and O–H groups in total. The van der Waals surface area contributed by atoms with Crippen LogP contribution < -0.4 is 10.6 Å². The molecule has 0 spiro atoms. The Balaban J connectivity index is 1.35. The van der Waals surface area contributed by atoms with Gasteiger partial charge in [-0.1, -0.05) is 0 Å². The van der Waals surface area contributed by atoms with E-state index in [4.69, 9.17) is 10.2 Å². The van der Waals surface area contributed by atoms with Gasteiger partial charge in [-0.2, -0.15) is 10.4 Å². The second kappa shape index (κ2) is 9.67. The Labute approximate surface area is 199 Å². The molecular formula is C25H30N8O. The number of aryl methyl sites for hydroxylation is 1. The van der Waals surface area contributed by atoms with E-state index in [1.165, 1.54) is 0 Å². The molecule has 0 aromatic carbocycles. The van der Waals surface area contributed by atoms with Crippen molar-refractivity contribution in [1.29, 1.82) is 5.26 Å². The number of hydrogen-bond acceptors (Lipinski definition) is 7. The van der Waals surface area contributed by atoms with Crippen LogP contribution in [-0.2, 0) is 4.79 Å². The van der Waals surface area contributed by atoms with Gasteiger partial charge in [-0.3, -0.25) is 14.9 Å². The predicted octanol–water partition coefficient (Wildman–Crippen LogP) is 4.42. The fourth-order valence-corrected chi connectivity index (χ4v) is 5.41. The number of amides is 1. The second-order valence-electron chi connectivity index (χ2n) is 9.35. The van der Waals surface area contributed by atoms with Crippen molar-refractivity contribution in [3.05, 3.63) is 36.2 Å². The smallest absolute Gasteiger partial charge is 0.223 e. The average Bonchev–Trinajstić information content (AvgIpc) is 3.23. The minimum Gasteiger partial charge on any atom is -0.367 e. The number of fused-ring (bicyclic) bond motifs is 3. The maximum atomic E-state index is 12.9. The van der Waals surface area contributed by atoms with Crippen molar-refractivity contribution >= 4 is 34.3 Å². The highest BCUT2D eigenvalue weighted by Gasteiger charge is 2.40. The molecule has 2 bridgehead atoms. The molecule has 9 heteroatoms. The topological polar surface area (TPSA) is 123 Å². The molecule has 3 atom stereocenters. The fraction of sp³-hybridized carbons (Fsp3) is 0.480. The lowest BCUT2D eigenvalue weighted by Gasteiger charge is -2.49. The molecule has 2 aliphatic rings. The Morgan fingerprint density at radius 2 is 2.09 bits per heavy atom. The van der Waals surface area contributed by atoms with Gasteiger partial charge in [0.15, 0.2) is 5.82 Å². The number of aromatic amines is 1. The first kappa shape index (κ1) is 22.1. The molecule has 0 radical (unpaired) electrons. The van der Waals surface area contributed by atoms with E-state index in [0.717, 1.165) is 54.5 Å². The van der Waals surface area contributed by atoms with Gasteiger partial charge in [0.25, 0.3) is 0 Å². The molecule has 1 amide bonds. The third kappa shape index (κ3) is 4.67. The zero-order valence-electron chi connectivity index (χ0n) is 19.4. The van der Waals surface area contributed by atoms with Gasteiger partial charge < -0.3 is 15.5 Å². The van der Waals surface area contributed by atoms with Crippen LogP contribution in [0, 0.1) is 18.3 Å². The summed E-state index contributed by atoms with van der Waals surface area (Å²) in [4.78, 5) is 24.5. The molecule has 34 heavy (non-hydrogen) atoms. The Bertz CT molecular complexity index is 1200. The minimum absolute atomic E-state index is 0.205. The summed E-state index contributed by atoms with van der Waals surface area (Å²) in [5.74, 6) is 2.41. The number of rotatable bonds is 7. The summed E-state index contributed by atoms with van der Waals surface area (Å²) in [6, 6.07) is 10.7. The summed E-state index contributed by atoms with van der Waals surface area (Å²) >= 11 is 0. The quantitative estimate of drug-likeness (QED) is 0.448. The van der Waals surface area contributed by atoms with Gasteiger partial charge in [-0.05, 0) is 57.6 Å². The molecular weight excluding hydrogens is 428 g/mol. The lowest BCUT2D eigenvalue weighted by atomic mass is 9.81. The van der Waals surface area contributed by atoms with Crippen LogP contribution in [0.2, 0.25) is 0 Å². The molecule has 9 nitrogen and oxygen atoms in total. The molecule has 0 aliphatic carbocycles. The maximum absolute atomic E-state index is 12.9. The highest BCUT2D eigenvalue weighted by Crippen LogP contribution is 2.36. The van der Waals surface area contributed by atoms with Crippen molar-refractivity contribution in [3.63, 3.8) is 0 Å². The van der Waals surface area contributed by atoms with Gasteiger partial charge in [0.1, 0.15) is 11.6 Å². The van der Waals surface area contributed by atoms with E-state index in [0.29, 0.717) is 30.9 Å². The number of H-pyrrole nitrogens is 1. The van der Waals surface area contributed by atoms with E-state index >= 15 is 0 Å². The number of nitrogens with zero attached hydrogens (tertiary/aromatic N) is 5. The standard InChI is InChI=1S/C25H30N8O/c1-16-12-23(32-31-16)29-22-15-21-20(8-5-11-27-21)25(30-22)28-17-13-18-6-4-7-19(14-17)33(18)24(34)9-2-3-10-26/h5,8,11-12,15,17-19H,2-4,6-7,9,13-14H2,1H3,(H3,28,29,30,31,32)/t17?,18-,19+. The van der Waals surface area contributed by atoms with E-state index in [1.807, 2.05) is 31.2 Å². The monoisotopic (exact) mass is 458 g/mol. The molecule has 2 fully saturated rings. The van der Waals surface area contributed by atoms with E-state index in [9.17, 15) is 4.79 Å². The second-order valence-corrected chi connectivity index (χ2v) is 9.35. The third-order valence-electron chi connectivity index (χ3n) is 6.84. The molecule has 2 saturated heterocycles. The number of piperidine rings is 2. The molecule has 0 saturated carbocycles. The first-order valence-corrected chi connectivity index (χ1v) is 12.1. The van der Waals surface area contributed by atoms with Crippen LogP contribution in [0.15, 0.2) is 30.5 Å². The van der Waals surface area contributed by atoms with E-state index in [-0.39, 0.29) is 24.0 Å². The first-order valence-electron chi connectivity index (χ1n) is 12.1. The number of unbranched alkanes of at least 4 members (excludes halogenated alkanes) is 1. The number of pyridine rings is 2. The summed E-state index contributed by atoms with van der Waals surface area (Å²) in [5.41, 5.74) is 1.83. The molecule has 2 aliphatic heterocycles. The predicted molar refractivity (Wildman–Crippen MR) is 131 cm³/mol. The SMILES string of the molecule is Cc1cc(Nc2cc3ncccc3c(NC3C[C@H]4CCC[C@@H](C3)N4C(=O)CCCC#N)n2)n[nH]1. The number of nitrogens with one attached hydrogen (secondary N) is 3. The van der Waals surface area contributed by atoms with Crippen molar-refractivity contribution in [2.24, 2.45) is 0 Å². The number of hydrogen-bond donors (Lipinski definition) is 3. The number of aromatic nitrogens is 4.